The molecule has 0 aromatic heterocycles. The molecule has 0 amide bonds. The summed E-state index contributed by atoms with van der Waals surface area (Å²) in [5.41, 5.74) is 2.54. The molecule has 0 aliphatic carbocycles. The number of nitrogens with zero attached hydrogens (tertiary/aromatic N) is 3. The van der Waals surface area contributed by atoms with Crippen LogP contribution in [0.4, 0.5) is 0 Å². The van der Waals surface area contributed by atoms with Gasteiger partial charge in [-0.25, -0.2) is 0 Å². The fourth-order valence-corrected chi connectivity index (χ4v) is 4.45. The predicted octanol–water partition coefficient (Wildman–Crippen LogP) is 3.67. The summed E-state index contributed by atoms with van der Waals surface area (Å²) in [6, 6.07) is 21.1. The molecule has 4 rings (SSSR count). The summed E-state index contributed by atoms with van der Waals surface area (Å²) >= 11 is 0. The Morgan fingerprint density at radius 3 is 2.45 bits per heavy atom. The molecule has 0 saturated carbocycles. The SMILES string of the molecule is CN=C(NCC1CCOC1c1ccccc1)N1CCN(C/C=C/c2ccccc2)CC1. The van der Waals surface area contributed by atoms with Crippen molar-refractivity contribution in [3.8, 4) is 0 Å². The highest BCUT2D eigenvalue weighted by Crippen LogP contribution is 2.33. The second-order valence-corrected chi connectivity index (χ2v) is 8.28. The molecule has 2 fully saturated rings. The molecule has 5 nitrogen and oxygen atoms in total. The maximum Gasteiger partial charge on any atom is 0.193 e. The fourth-order valence-electron chi connectivity index (χ4n) is 4.45. The van der Waals surface area contributed by atoms with Crippen LogP contribution in [-0.2, 0) is 4.74 Å². The molecule has 2 atom stereocenters. The van der Waals surface area contributed by atoms with E-state index in [0.29, 0.717) is 5.92 Å². The molecular weight excluding hydrogens is 384 g/mol. The van der Waals surface area contributed by atoms with Gasteiger partial charge in [0.2, 0.25) is 0 Å². The summed E-state index contributed by atoms with van der Waals surface area (Å²) in [6.45, 7) is 6.83. The Kier molecular flexibility index (Phi) is 7.75. The second-order valence-electron chi connectivity index (χ2n) is 8.28. The zero-order valence-corrected chi connectivity index (χ0v) is 18.5. The summed E-state index contributed by atoms with van der Waals surface area (Å²) in [5.74, 6) is 1.49. The number of benzene rings is 2. The number of ether oxygens (including phenoxy) is 1. The van der Waals surface area contributed by atoms with E-state index in [1.165, 1.54) is 11.1 Å². The lowest BCUT2D eigenvalue weighted by Crippen LogP contribution is -2.53. The first-order valence-electron chi connectivity index (χ1n) is 11.4. The van der Waals surface area contributed by atoms with E-state index in [0.717, 1.165) is 58.3 Å². The molecule has 0 spiro atoms. The van der Waals surface area contributed by atoms with E-state index in [4.69, 9.17) is 4.74 Å². The molecule has 1 N–H and O–H groups in total. The van der Waals surface area contributed by atoms with E-state index in [1.807, 2.05) is 7.05 Å². The first-order chi connectivity index (χ1) is 15.3. The number of rotatable bonds is 6. The first kappa shape index (κ1) is 21.6. The van der Waals surface area contributed by atoms with Crippen molar-refractivity contribution in [1.29, 1.82) is 0 Å². The van der Waals surface area contributed by atoms with Gasteiger partial charge in [0.1, 0.15) is 0 Å². The van der Waals surface area contributed by atoms with Crippen molar-refractivity contribution in [2.24, 2.45) is 10.9 Å². The van der Waals surface area contributed by atoms with Gasteiger partial charge in [0.15, 0.2) is 5.96 Å². The van der Waals surface area contributed by atoms with Crippen LogP contribution in [-0.4, -0.2) is 68.7 Å². The second kappa shape index (κ2) is 11.1. The van der Waals surface area contributed by atoms with Crippen LogP contribution in [0.15, 0.2) is 71.7 Å². The Hall–Kier alpha value is -2.63. The molecule has 0 bridgehead atoms. The van der Waals surface area contributed by atoms with Crippen molar-refractivity contribution in [1.82, 2.24) is 15.1 Å². The van der Waals surface area contributed by atoms with Crippen LogP contribution in [0.1, 0.15) is 23.7 Å². The van der Waals surface area contributed by atoms with Crippen molar-refractivity contribution in [3.05, 3.63) is 77.9 Å². The third-order valence-electron chi connectivity index (χ3n) is 6.22. The predicted molar refractivity (Wildman–Crippen MR) is 128 cm³/mol. The zero-order valence-electron chi connectivity index (χ0n) is 18.5. The van der Waals surface area contributed by atoms with E-state index in [1.54, 1.807) is 0 Å². The maximum atomic E-state index is 6.04. The molecule has 2 aliphatic rings. The Morgan fingerprint density at radius 1 is 1.03 bits per heavy atom. The van der Waals surface area contributed by atoms with Gasteiger partial charge in [-0.3, -0.25) is 9.89 Å². The molecule has 164 valence electrons. The van der Waals surface area contributed by atoms with Gasteiger partial charge in [-0.05, 0) is 17.5 Å². The Balaban J connectivity index is 1.23. The highest BCUT2D eigenvalue weighted by molar-refractivity contribution is 5.80. The number of piperazine rings is 1. The minimum absolute atomic E-state index is 0.181. The molecular formula is C26H34N4O. The molecule has 5 heteroatoms. The topological polar surface area (TPSA) is 40.1 Å². The molecule has 2 aromatic carbocycles. The van der Waals surface area contributed by atoms with E-state index >= 15 is 0 Å². The van der Waals surface area contributed by atoms with Crippen molar-refractivity contribution < 1.29 is 4.74 Å². The minimum Gasteiger partial charge on any atom is -0.373 e. The van der Waals surface area contributed by atoms with Crippen LogP contribution in [0.25, 0.3) is 6.08 Å². The standard InChI is InChI=1S/C26H34N4O/c1-27-26(28-21-24-14-20-31-25(24)23-12-6-3-7-13-23)30-18-16-29(17-19-30)15-8-11-22-9-4-2-5-10-22/h2-13,24-25H,14-21H2,1H3,(H,27,28)/b11-8+. The molecule has 2 saturated heterocycles. The van der Waals surface area contributed by atoms with Crippen molar-refractivity contribution >= 4 is 12.0 Å². The van der Waals surface area contributed by atoms with Crippen LogP contribution >= 0.6 is 0 Å². The zero-order chi connectivity index (χ0) is 21.3. The van der Waals surface area contributed by atoms with E-state index < -0.39 is 0 Å². The molecule has 2 aromatic rings. The summed E-state index contributed by atoms with van der Waals surface area (Å²) in [6.07, 6.45) is 5.74. The average molecular weight is 419 g/mol. The Bertz CT molecular complexity index is 844. The summed E-state index contributed by atoms with van der Waals surface area (Å²) in [7, 11) is 1.89. The monoisotopic (exact) mass is 418 g/mol. The molecule has 2 unspecified atom stereocenters. The van der Waals surface area contributed by atoms with Crippen LogP contribution in [0.3, 0.4) is 0 Å². The summed E-state index contributed by atoms with van der Waals surface area (Å²) in [4.78, 5) is 9.43. The Labute approximate surface area is 186 Å². The van der Waals surface area contributed by atoms with Gasteiger partial charge in [0.25, 0.3) is 0 Å². The highest BCUT2D eigenvalue weighted by Gasteiger charge is 2.30. The highest BCUT2D eigenvalue weighted by atomic mass is 16.5. The van der Waals surface area contributed by atoms with E-state index in [9.17, 15) is 0 Å². The molecule has 0 radical (unpaired) electrons. The lowest BCUT2D eigenvalue weighted by Gasteiger charge is -2.36. The fraction of sp³-hybridized carbons (Fsp3) is 0.423. The maximum absolute atomic E-state index is 6.04. The first-order valence-corrected chi connectivity index (χ1v) is 11.4. The van der Waals surface area contributed by atoms with Crippen LogP contribution < -0.4 is 5.32 Å². The third-order valence-corrected chi connectivity index (χ3v) is 6.22. The van der Waals surface area contributed by atoms with E-state index in [2.05, 4.69) is 92.9 Å². The number of aliphatic imine (C=N–C) groups is 1. The number of hydrogen-bond donors (Lipinski definition) is 1. The normalized spacial score (nSPS) is 22.9. The van der Waals surface area contributed by atoms with Crippen molar-refractivity contribution in [3.63, 3.8) is 0 Å². The Morgan fingerprint density at radius 2 is 1.74 bits per heavy atom. The quantitative estimate of drug-likeness (QED) is 0.574. The molecule has 31 heavy (non-hydrogen) atoms. The molecule has 2 aliphatic heterocycles. The minimum atomic E-state index is 0.181. The summed E-state index contributed by atoms with van der Waals surface area (Å²) < 4.78 is 6.04. The third kappa shape index (κ3) is 5.96. The largest absolute Gasteiger partial charge is 0.373 e. The smallest absolute Gasteiger partial charge is 0.193 e. The molecule has 2 heterocycles. The lowest BCUT2D eigenvalue weighted by atomic mass is 9.95. The van der Waals surface area contributed by atoms with E-state index in [-0.39, 0.29) is 6.10 Å². The van der Waals surface area contributed by atoms with Crippen molar-refractivity contribution in [2.75, 3.05) is 52.9 Å². The number of hydrogen-bond acceptors (Lipinski definition) is 3. The van der Waals surface area contributed by atoms with Gasteiger partial charge in [-0.1, -0.05) is 72.8 Å². The average Bonchev–Trinajstić information content (AvgIpc) is 3.30. The number of nitrogens with one attached hydrogen (secondary N) is 1. The van der Waals surface area contributed by atoms with Crippen molar-refractivity contribution in [2.45, 2.75) is 12.5 Å². The van der Waals surface area contributed by atoms with Gasteiger partial charge in [-0.15, -0.1) is 0 Å². The van der Waals surface area contributed by atoms with Crippen LogP contribution in [0.5, 0.6) is 0 Å². The van der Waals surface area contributed by atoms with Gasteiger partial charge in [-0.2, -0.15) is 0 Å². The van der Waals surface area contributed by atoms with Crippen LogP contribution in [0, 0.1) is 5.92 Å². The number of guanidine groups is 1. The van der Waals surface area contributed by atoms with Gasteiger partial charge in [0, 0.05) is 58.8 Å². The lowest BCUT2D eigenvalue weighted by molar-refractivity contribution is 0.0912. The van der Waals surface area contributed by atoms with Crippen LogP contribution in [0.2, 0.25) is 0 Å². The van der Waals surface area contributed by atoms with Gasteiger partial charge >= 0.3 is 0 Å². The van der Waals surface area contributed by atoms with Gasteiger partial charge < -0.3 is 15.0 Å². The summed E-state index contributed by atoms with van der Waals surface area (Å²) in [5, 5.41) is 3.62. The van der Waals surface area contributed by atoms with Gasteiger partial charge in [0.05, 0.1) is 6.10 Å².